The lowest BCUT2D eigenvalue weighted by Gasteiger charge is -2.07. The van der Waals surface area contributed by atoms with Gasteiger partial charge in [-0.05, 0) is 29.3 Å². The van der Waals surface area contributed by atoms with Gasteiger partial charge in [0.1, 0.15) is 5.75 Å². The molecule has 3 aromatic carbocycles. The first-order valence-corrected chi connectivity index (χ1v) is 7.31. The zero-order chi connectivity index (χ0) is 17.8. The molecule has 0 saturated heterocycles. The Morgan fingerprint density at radius 3 is 1.96 bits per heavy atom. The molecule has 0 bridgehead atoms. The fourth-order valence-electron chi connectivity index (χ4n) is 2.32. The Kier molecular flexibility index (Phi) is 4.38. The van der Waals surface area contributed by atoms with Crippen LogP contribution < -0.4 is 4.74 Å². The van der Waals surface area contributed by atoms with Crippen LogP contribution in [0.3, 0.4) is 0 Å². The number of ether oxygens (including phenoxy) is 1. The Hall–Kier alpha value is -3.74. The molecule has 0 atom stereocenters. The summed E-state index contributed by atoms with van der Waals surface area (Å²) in [6, 6.07) is 20.0. The Labute approximate surface area is 142 Å². The van der Waals surface area contributed by atoms with Gasteiger partial charge in [0.25, 0.3) is 5.69 Å². The van der Waals surface area contributed by atoms with Crippen molar-refractivity contribution in [1.82, 2.24) is 0 Å². The van der Waals surface area contributed by atoms with Crippen LogP contribution in [0.15, 0.2) is 72.8 Å². The van der Waals surface area contributed by atoms with E-state index in [4.69, 9.17) is 4.74 Å². The van der Waals surface area contributed by atoms with Crippen molar-refractivity contribution in [3.05, 3.63) is 93.0 Å². The van der Waals surface area contributed by atoms with Crippen molar-refractivity contribution in [2.75, 3.05) is 0 Å². The number of rotatable bonds is 5. The van der Waals surface area contributed by atoms with Crippen molar-refractivity contribution in [3.63, 3.8) is 0 Å². The summed E-state index contributed by atoms with van der Waals surface area (Å²) in [5.74, 6) is 0.347. The molecular formula is C18H12N2O5. The van der Waals surface area contributed by atoms with Crippen LogP contribution in [0.25, 0.3) is 11.1 Å². The topological polar surface area (TPSA) is 95.5 Å². The molecule has 0 aliphatic carbocycles. The van der Waals surface area contributed by atoms with E-state index in [1.165, 1.54) is 12.1 Å². The maximum Gasteiger partial charge on any atom is 0.318 e. The average Bonchev–Trinajstić information content (AvgIpc) is 2.63. The molecule has 0 aliphatic heterocycles. The zero-order valence-electron chi connectivity index (χ0n) is 12.9. The maximum absolute atomic E-state index is 11.1. The lowest BCUT2D eigenvalue weighted by molar-refractivity contribution is -0.394. The molecule has 3 rings (SSSR count). The summed E-state index contributed by atoms with van der Waals surface area (Å²) >= 11 is 0. The number of nitro groups is 2. The molecule has 0 heterocycles. The van der Waals surface area contributed by atoms with Crippen LogP contribution in [0.2, 0.25) is 0 Å². The van der Waals surface area contributed by atoms with Gasteiger partial charge in [-0.2, -0.15) is 0 Å². The van der Waals surface area contributed by atoms with Crippen LogP contribution in [0.4, 0.5) is 11.4 Å². The number of hydrogen-bond donors (Lipinski definition) is 0. The largest absolute Gasteiger partial charge is 0.450 e. The molecule has 0 amide bonds. The second-order valence-electron chi connectivity index (χ2n) is 5.16. The van der Waals surface area contributed by atoms with Gasteiger partial charge in [-0.25, -0.2) is 0 Å². The Morgan fingerprint density at radius 1 is 0.720 bits per heavy atom. The van der Waals surface area contributed by atoms with E-state index in [2.05, 4.69) is 0 Å². The predicted octanol–water partition coefficient (Wildman–Crippen LogP) is 4.96. The summed E-state index contributed by atoms with van der Waals surface area (Å²) in [7, 11) is 0. The van der Waals surface area contributed by atoms with E-state index >= 15 is 0 Å². The highest BCUT2D eigenvalue weighted by atomic mass is 16.6. The minimum atomic E-state index is -0.708. The number of nitrogens with zero attached hydrogens (tertiary/aromatic N) is 2. The van der Waals surface area contributed by atoms with Gasteiger partial charge in [0.15, 0.2) is 0 Å². The van der Waals surface area contributed by atoms with Crippen molar-refractivity contribution in [3.8, 4) is 22.6 Å². The van der Waals surface area contributed by atoms with Gasteiger partial charge in [0.2, 0.25) is 5.75 Å². The highest BCUT2D eigenvalue weighted by molar-refractivity contribution is 5.64. The smallest absolute Gasteiger partial charge is 0.318 e. The lowest BCUT2D eigenvalue weighted by atomic mass is 10.1. The van der Waals surface area contributed by atoms with E-state index in [9.17, 15) is 20.2 Å². The van der Waals surface area contributed by atoms with Crippen molar-refractivity contribution < 1.29 is 14.6 Å². The van der Waals surface area contributed by atoms with Gasteiger partial charge in [-0.15, -0.1) is 0 Å². The summed E-state index contributed by atoms with van der Waals surface area (Å²) in [5, 5.41) is 21.9. The number of nitro benzene ring substituents is 2. The molecule has 3 aromatic rings. The third-order valence-corrected chi connectivity index (χ3v) is 3.54. The quantitative estimate of drug-likeness (QED) is 0.484. The van der Waals surface area contributed by atoms with E-state index in [1.807, 2.05) is 42.5 Å². The van der Waals surface area contributed by atoms with Gasteiger partial charge in [0, 0.05) is 6.07 Å². The predicted molar refractivity (Wildman–Crippen MR) is 91.7 cm³/mol. The molecule has 0 unspecified atom stereocenters. The van der Waals surface area contributed by atoms with Crippen LogP contribution in [0.1, 0.15) is 0 Å². The molecule has 0 fully saturated rings. The van der Waals surface area contributed by atoms with Gasteiger partial charge in [-0.3, -0.25) is 20.2 Å². The zero-order valence-corrected chi connectivity index (χ0v) is 12.9. The molecule has 7 nitrogen and oxygen atoms in total. The molecule has 124 valence electrons. The number of hydrogen-bond acceptors (Lipinski definition) is 5. The third kappa shape index (κ3) is 3.61. The third-order valence-electron chi connectivity index (χ3n) is 3.54. The lowest BCUT2D eigenvalue weighted by Crippen LogP contribution is -1.96. The molecule has 0 spiro atoms. The van der Waals surface area contributed by atoms with Crippen LogP contribution >= 0.6 is 0 Å². The summed E-state index contributed by atoms with van der Waals surface area (Å²) < 4.78 is 5.53. The summed E-state index contributed by atoms with van der Waals surface area (Å²) in [6.45, 7) is 0. The second-order valence-corrected chi connectivity index (χ2v) is 5.16. The first-order valence-electron chi connectivity index (χ1n) is 7.31. The molecule has 25 heavy (non-hydrogen) atoms. The van der Waals surface area contributed by atoms with Gasteiger partial charge >= 0.3 is 5.69 Å². The molecule has 0 saturated carbocycles. The monoisotopic (exact) mass is 336 g/mol. The molecule has 7 heteroatoms. The van der Waals surface area contributed by atoms with E-state index in [0.29, 0.717) is 5.75 Å². The maximum atomic E-state index is 11.1. The fourth-order valence-corrected chi connectivity index (χ4v) is 2.32. The van der Waals surface area contributed by atoms with Gasteiger partial charge in [0.05, 0.1) is 15.9 Å². The Bertz CT molecular complexity index is 924. The Balaban J connectivity index is 1.87. The minimum Gasteiger partial charge on any atom is -0.450 e. The molecule has 0 aromatic heterocycles. The van der Waals surface area contributed by atoms with E-state index in [-0.39, 0.29) is 11.4 Å². The van der Waals surface area contributed by atoms with E-state index in [1.54, 1.807) is 12.1 Å². The van der Waals surface area contributed by atoms with Crippen molar-refractivity contribution in [1.29, 1.82) is 0 Å². The normalized spacial score (nSPS) is 10.2. The highest BCUT2D eigenvalue weighted by Gasteiger charge is 2.21. The second kappa shape index (κ2) is 6.79. The van der Waals surface area contributed by atoms with Crippen molar-refractivity contribution in [2.24, 2.45) is 0 Å². The van der Waals surface area contributed by atoms with Crippen LogP contribution in [-0.4, -0.2) is 9.85 Å². The number of non-ortho nitro benzene ring substituents is 1. The van der Waals surface area contributed by atoms with E-state index < -0.39 is 15.5 Å². The Morgan fingerprint density at radius 2 is 1.36 bits per heavy atom. The first kappa shape index (κ1) is 16.1. The van der Waals surface area contributed by atoms with Gasteiger partial charge < -0.3 is 4.74 Å². The number of benzene rings is 3. The van der Waals surface area contributed by atoms with Crippen molar-refractivity contribution in [2.45, 2.75) is 0 Å². The van der Waals surface area contributed by atoms with Crippen LogP contribution in [0.5, 0.6) is 11.5 Å². The summed E-state index contributed by atoms with van der Waals surface area (Å²) in [6.07, 6.45) is 0. The average molecular weight is 336 g/mol. The van der Waals surface area contributed by atoms with Crippen LogP contribution in [-0.2, 0) is 0 Å². The molecule has 0 radical (unpaired) electrons. The highest BCUT2D eigenvalue weighted by Crippen LogP contribution is 2.34. The van der Waals surface area contributed by atoms with E-state index in [0.717, 1.165) is 17.2 Å². The van der Waals surface area contributed by atoms with Gasteiger partial charge in [-0.1, -0.05) is 42.5 Å². The first-order chi connectivity index (χ1) is 12.0. The standard InChI is InChI=1S/C18H12N2O5/c21-19(22)15-8-11-18(17(12-15)20(23)24)25-16-9-6-14(7-10-16)13-4-2-1-3-5-13/h1-12H. The molecule has 0 N–H and O–H groups in total. The summed E-state index contributed by atoms with van der Waals surface area (Å²) in [5.41, 5.74) is 1.20. The SMILES string of the molecule is O=[N+]([O-])c1ccc(Oc2ccc(-c3ccccc3)cc2)c([N+](=O)[O-])c1. The fraction of sp³-hybridized carbons (Fsp3) is 0. The molecular weight excluding hydrogens is 324 g/mol. The minimum absolute atomic E-state index is 0.0527. The van der Waals surface area contributed by atoms with Crippen molar-refractivity contribution >= 4 is 11.4 Å². The summed E-state index contributed by atoms with van der Waals surface area (Å²) in [4.78, 5) is 20.5. The van der Waals surface area contributed by atoms with Crippen LogP contribution in [0, 0.1) is 20.2 Å². The molecule has 0 aliphatic rings.